The molecule has 4 heteroatoms. The molecule has 0 N–H and O–H groups in total. The van der Waals surface area contributed by atoms with Crippen molar-refractivity contribution in [3.05, 3.63) is 116 Å². The highest BCUT2D eigenvalue weighted by Crippen LogP contribution is 2.42. The summed E-state index contributed by atoms with van der Waals surface area (Å²) in [6.07, 6.45) is 9.84. The second-order valence-corrected chi connectivity index (χ2v) is 17.1. The summed E-state index contributed by atoms with van der Waals surface area (Å²) in [7, 11) is 0. The van der Waals surface area contributed by atoms with Gasteiger partial charge in [0.15, 0.2) is 0 Å². The molecule has 4 aromatic carbocycles. The Hall–Kier alpha value is -3.08. The third-order valence-electron chi connectivity index (χ3n) is 11.1. The summed E-state index contributed by atoms with van der Waals surface area (Å²) in [5, 5.41) is 2.82. The molecule has 2 aromatic heterocycles. The number of fused-ring (bicyclic) bond motifs is 6. The van der Waals surface area contributed by atoms with Gasteiger partial charge in [0.25, 0.3) is 0 Å². The fourth-order valence-electron chi connectivity index (χ4n) is 9.18. The molecular weight excluding hydrogens is 716 g/mol. The average molecular weight is 763 g/mol. The van der Waals surface area contributed by atoms with Crippen LogP contribution in [0.1, 0.15) is 75.9 Å². The van der Waals surface area contributed by atoms with Crippen molar-refractivity contribution in [2.24, 2.45) is 23.7 Å². The normalized spacial score (nSPS) is 17.8. The maximum atomic E-state index is 3.93. The minimum Gasteiger partial charge on any atom is -0.312 e. The maximum absolute atomic E-state index is 3.93. The minimum atomic E-state index is 0.746. The molecule has 0 fully saturated rings. The number of benzene rings is 4. The summed E-state index contributed by atoms with van der Waals surface area (Å²) in [5.41, 5.74) is 13.8. The molecule has 2 nitrogen and oxygen atoms in total. The number of halogens is 2. The molecule has 2 aliphatic rings. The molecule has 0 bridgehead atoms. The van der Waals surface area contributed by atoms with E-state index in [0.29, 0.717) is 0 Å². The lowest BCUT2D eigenvalue weighted by atomic mass is 9.81. The van der Waals surface area contributed by atoms with Gasteiger partial charge in [-0.3, -0.25) is 0 Å². The van der Waals surface area contributed by atoms with E-state index in [2.05, 4.69) is 154 Å². The molecule has 2 heterocycles. The van der Waals surface area contributed by atoms with Gasteiger partial charge in [-0.25, -0.2) is 0 Å². The van der Waals surface area contributed by atoms with Gasteiger partial charge in [0.05, 0.1) is 11.0 Å². The van der Waals surface area contributed by atoms with Crippen LogP contribution < -0.4 is 0 Å². The molecule has 2 aliphatic carbocycles. The Labute approximate surface area is 302 Å². The molecule has 2 unspecified atom stereocenters. The van der Waals surface area contributed by atoms with E-state index in [1.54, 1.807) is 11.1 Å². The summed E-state index contributed by atoms with van der Waals surface area (Å²) >= 11 is 7.86. The van der Waals surface area contributed by atoms with Gasteiger partial charge in [-0.2, -0.15) is 0 Å². The molecule has 0 aliphatic heterocycles. The molecule has 6 aromatic rings. The van der Waals surface area contributed by atoms with Gasteiger partial charge >= 0.3 is 0 Å². The fraction of sp³-hybridized carbons (Fsp3) is 0.364. The van der Waals surface area contributed by atoms with Crippen LogP contribution in [0.5, 0.6) is 0 Å². The Morgan fingerprint density at radius 1 is 0.562 bits per heavy atom. The number of nitrogens with zero attached hydrogens (tertiary/aromatic N) is 2. The SMILES string of the molecule is CC(C)CC1CCc2c(c3cccc(Br)c3n2-c2ccc(-c3ccc(-n4c5c(c6cccc(Br)c64)CC(CC(C)C)CC5)cc3)cc2)C1. The molecular formula is C44H46Br2N2. The Kier molecular flexibility index (Phi) is 8.70. The van der Waals surface area contributed by atoms with Gasteiger partial charge < -0.3 is 9.13 Å². The van der Waals surface area contributed by atoms with Crippen molar-refractivity contribution >= 4 is 53.7 Å². The van der Waals surface area contributed by atoms with Crippen LogP contribution in [-0.4, -0.2) is 9.13 Å². The molecule has 0 amide bonds. The monoisotopic (exact) mass is 760 g/mol. The van der Waals surface area contributed by atoms with E-state index in [4.69, 9.17) is 0 Å². The van der Waals surface area contributed by atoms with E-state index in [-0.39, 0.29) is 0 Å². The first kappa shape index (κ1) is 32.1. The van der Waals surface area contributed by atoms with Crippen LogP contribution in [0, 0.1) is 23.7 Å². The zero-order valence-electron chi connectivity index (χ0n) is 28.7. The lowest BCUT2D eigenvalue weighted by Gasteiger charge is -2.25. The van der Waals surface area contributed by atoms with E-state index < -0.39 is 0 Å². The van der Waals surface area contributed by atoms with Crippen molar-refractivity contribution < 1.29 is 0 Å². The first-order valence-corrected chi connectivity index (χ1v) is 19.7. The lowest BCUT2D eigenvalue weighted by Crippen LogP contribution is -2.17. The first-order valence-electron chi connectivity index (χ1n) is 18.1. The average Bonchev–Trinajstić information content (AvgIpc) is 3.58. The summed E-state index contributed by atoms with van der Waals surface area (Å²) in [6.45, 7) is 9.45. The third kappa shape index (κ3) is 5.71. The molecule has 0 saturated heterocycles. The van der Waals surface area contributed by atoms with E-state index in [0.717, 1.165) is 36.5 Å². The number of hydrogen-bond acceptors (Lipinski definition) is 0. The number of aromatic nitrogens is 2. The van der Waals surface area contributed by atoms with Crippen molar-refractivity contribution in [3.8, 4) is 22.5 Å². The van der Waals surface area contributed by atoms with Gasteiger partial charge in [0, 0.05) is 42.5 Å². The van der Waals surface area contributed by atoms with E-state index in [1.165, 1.54) is 103 Å². The third-order valence-corrected chi connectivity index (χ3v) is 12.3. The zero-order valence-corrected chi connectivity index (χ0v) is 31.9. The van der Waals surface area contributed by atoms with Crippen molar-refractivity contribution in [1.29, 1.82) is 0 Å². The van der Waals surface area contributed by atoms with E-state index in [1.807, 2.05) is 0 Å². The molecule has 246 valence electrons. The van der Waals surface area contributed by atoms with Crippen LogP contribution in [0.15, 0.2) is 93.9 Å². The summed E-state index contributed by atoms with van der Waals surface area (Å²) in [5.74, 6) is 3.04. The standard InChI is InChI=1S/C44H46Br2N2/c1-27(2)23-29-11-21-41-37(25-29)35-7-5-9-39(45)43(35)47(41)33-17-13-31(14-18-33)32-15-19-34(20-16-32)48-42-22-12-30(24-28(3)4)26-38(42)36-8-6-10-40(46)44(36)48/h5-10,13-20,27-30H,11-12,21-26H2,1-4H3. The van der Waals surface area contributed by atoms with Gasteiger partial charge in [-0.1, -0.05) is 76.2 Å². The van der Waals surface area contributed by atoms with Crippen LogP contribution in [0.25, 0.3) is 44.3 Å². The molecule has 8 rings (SSSR count). The van der Waals surface area contributed by atoms with Crippen molar-refractivity contribution in [1.82, 2.24) is 9.13 Å². The van der Waals surface area contributed by atoms with E-state index >= 15 is 0 Å². The predicted octanol–water partition coefficient (Wildman–Crippen LogP) is 13.1. The van der Waals surface area contributed by atoms with Gasteiger partial charge in [-0.05, 0) is 166 Å². The van der Waals surface area contributed by atoms with Crippen LogP contribution >= 0.6 is 31.9 Å². The molecule has 0 radical (unpaired) electrons. The molecule has 0 saturated carbocycles. The maximum Gasteiger partial charge on any atom is 0.0676 e. The quantitative estimate of drug-likeness (QED) is 0.153. The minimum absolute atomic E-state index is 0.746. The van der Waals surface area contributed by atoms with Gasteiger partial charge in [-0.15, -0.1) is 0 Å². The Bertz CT molecular complexity index is 1960. The van der Waals surface area contributed by atoms with Crippen LogP contribution in [0.4, 0.5) is 0 Å². The van der Waals surface area contributed by atoms with Crippen LogP contribution in [0.3, 0.4) is 0 Å². The van der Waals surface area contributed by atoms with Crippen LogP contribution in [-0.2, 0) is 25.7 Å². The predicted molar refractivity (Wildman–Crippen MR) is 211 cm³/mol. The van der Waals surface area contributed by atoms with Crippen molar-refractivity contribution in [2.45, 2.75) is 79.1 Å². The number of para-hydroxylation sites is 2. The summed E-state index contributed by atoms with van der Waals surface area (Å²) in [6, 6.07) is 32.0. The Balaban J connectivity index is 1.12. The van der Waals surface area contributed by atoms with Crippen molar-refractivity contribution in [2.75, 3.05) is 0 Å². The largest absolute Gasteiger partial charge is 0.312 e. The summed E-state index contributed by atoms with van der Waals surface area (Å²) < 4.78 is 7.43. The smallest absolute Gasteiger partial charge is 0.0676 e. The second-order valence-electron chi connectivity index (χ2n) is 15.4. The lowest BCUT2D eigenvalue weighted by molar-refractivity contribution is 0.368. The number of rotatable bonds is 7. The fourth-order valence-corrected chi connectivity index (χ4v) is 10.3. The number of hydrogen-bond donors (Lipinski definition) is 0. The second kappa shape index (κ2) is 13.0. The molecule has 0 spiro atoms. The highest BCUT2D eigenvalue weighted by atomic mass is 79.9. The van der Waals surface area contributed by atoms with Gasteiger partial charge in [0.1, 0.15) is 0 Å². The van der Waals surface area contributed by atoms with Crippen LogP contribution in [0.2, 0.25) is 0 Å². The Morgan fingerprint density at radius 2 is 0.958 bits per heavy atom. The summed E-state index contributed by atoms with van der Waals surface area (Å²) in [4.78, 5) is 0. The molecule has 48 heavy (non-hydrogen) atoms. The van der Waals surface area contributed by atoms with E-state index in [9.17, 15) is 0 Å². The highest BCUT2D eigenvalue weighted by molar-refractivity contribution is 9.11. The van der Waals surface area contributed by atoms with Gasteiger partial charge in [0.2, 0.25) is 0 Å². The first-order chi connectivity index (χ1) is 23.3. The Morgan fingerprint density at radius 3 is 1.33 bits per heavy atom. The molecule has 2 atom stereocenters. The highest BCUT2D eigenvalue weighted by Gasteiger charge is 2.29. The van der Waals surface area contributed by atoms with Crippen molar-refractivity contribution in [3.63, 3.8) is 0 Å². The topological polar surface area (TPSA) is 9.86 Å². The zero-order chi connectivity index (χ0) is 33.1.